The highest BCUT2D eigenvalue weighted by Gasteiger charge is 2.03. The number of halogens is 1. The predicted octanol–water partition coefficient (Wildman–Crippen LogP) is 2.81. The van der Waals surface area contributed by atoms with Gasteiger partial charge >= 0.3 is 0 Å². The van der Waals surface area contributed by atoms with Crippen LogP contribution in [0.5, 0.6) is 0 Å². The number of aromatic nitrogens is 2. The van der Waals surface area contributed by atoms with E-state index < -0.39 is 0 Å². The minimum Gasteiger partial charge on any atom is -0.439 e. The molecule has 2 rings (SSSR count). The lowest BCUT2D eigenvalue weighted by atomic mass is 10.3. The number of hydrogen-bond donors (Lipinski definition) is 0. The van der Waals surface area contributed by atoms with Gasteiger partial charge < -0.3 is 4.42 Å². The molecule has 0 N–H and O–H groups in total. The Hall–Kier alpha value is -1.16. The van der Waals surface area contributed by atoms with E-state index in [-0.39, 0.29) is 0 Å². The van der Waals surface area contributed by atoms with E-state index in [1.807, 2.05) is 19.1 Å². The van der Waals surface area contributed by atoms with Gasteiger partial charge in [-0.1, -0.05) is 0 Å². The van der Waals surface area contributed by atoms with E-state index in [1.165, 1.54) is 0 Å². The summed E-state index contributed by atoms with van der Waals surface area (Å²) >= 11 is 3.31. The van der Waals surface area contributed by atoms with E-state index in [2.05, 4.69) is 25.9 Å². The Morgan fingerprint density at radius 2 is 2.08 bits per heavy atom. The van der Waals surface area contributed by atoms with Crippen LogP contribution in [0, 0.1) is 6.92 Å². The quantitative estimate of drug-likeness (QED) is 0.767. The lowest BCUT2D eigenvalue weighted by Crippen LogP contribution is -1.79. The molecule has 0 amide bonds. The third-order valence-corrected chi connectivity index (χ3v) is 2.07. The van der Waals surface area contributed by atoms with Crippen molar-refractivity contribution >= 4 is 15.9 Å². The number of oxazole rings is 1. The van der Waals surface area contributed by atoms with Crippen molar-refractivity contribution in [2.45, 2.75) is 6.92 Å². The molecule has 0 aliphatic rings. The molecule has 4 heteroatoms. The molecule has 2 aromatic heterocycles. The normalized spacial score (nSPS) is 10.3. The molecule has 13 heavy (non-hydrogen) atoms. The number of nitrogens with zero attached hydrogens (tertiary/aromatic N) is 2. The van der Waals surface area contributed by atoms with Crippen LogP contribution in [-0.4, -0.2) is 9.97 Å². The lowest BCUT2D eigenvalue weighted by molar-refractivity contribution is 0.532. The van der Waals surface area contributed by atoms with Gasteiger partial charge in [-0.2, -0.15) is 0 Å². The Morgan fingerprint density at radius 1 is 1.23 bits per heavy atom. The highest BCUT2D eigenvalue weighted by molar-refractivity contribution is 9.10. The fourth-order valence-corrected chi connectivity index (χ4v) is 1.24. The van der Waals surface area contributed by atoms with Crippen LogP contribution in [0.15, 0.2) is 33.4 Å². The maximum atomic E-state index is 5.32. The van der Waals surface area contributed by atoms with E-state index in [4.69, 9.17) is 4.42 Å². The first-order valence-corrected chi connectivity index (χ1v) is 4.59. The van der Waals surface area contributed by atoms with Crippen LogP contribution in [0.4, 0.5) is 0 Å². The van der Waals surface area contributed by atoms with Crippen LogP contribution < -0.4 is 0 Å². The van der Waals surface area contributed by atoms with Crippen LogP contribution >= 0.6 is 15.9 Å². The molecule has 0 spiro atoms. The first kappa shape index (κ1) is 8.44. The monoisotopic (exact) mass is 238 g/mol. The SMILES string of the molecule is Cc1ncc(-c2ccc(Br)cn2)o1. The van der Waals surface area contributed by atoms with Crippen molar-refractivity contribution < 1.29 is 4.42 Å². The van der Waals surface area contributed by atoms with Crippen molar-refractivity contribution in [3.63, 3.8) is 0 Å². The van der Waals surface area contributed by atoms with Gasteiger partial charge in [0.25, 0.3) is 0 Å². The minimum absolute atomic E-state index is 0.653. The topological polar surface area (TPSA) is 38.9 Å². The van der Waals surface area contributed by atoms with Gasteiger partial charge in [0.05, 0.1) is 6.20 Å². The van der Waals surface area contributed by atoms with Gasteiger partial charge in [0.15, 0.2) is 11.7 Å². The molecule has 0 aliphatic carbocycles. The Kier molecular flexibility index (Phi) is 2.14. The van der Waals surface area contributed by atoms with Gasteiger partial charge in [0, 0.05) is 17.6 Å². The third-order valence-electron chi connectivity index (χ3n) is 1.60. The molecule has 0 saturated heterocycles. The molecule has 0 fully saturated rings. The Labute approximate surface area is 84.0 Å². The van der Waals surface area contributed by atoms with Gasteiger partial charge in [-0.05, 0) is 28.1 Å². The second-order valence-electron chi connectivity index (χ2n) is 2.61. The van der Waals surface area contributed by atoms with Crippen molar-refractivity contribution in [2.75, 3.05) is 0 Å². The van der Waals surface area contributed by atoms with E-state index >= 15 is 0 Å². The molecule has 3 nitrogen and oxygen atoms in total. The summed E-state index contributed by atoms with van der Waals surface area (Å²) in [5.74, 6) is 1.35. The summed E-state index contributed by atoms with van der Waals surface area (Å²) in [4.78, 5) is 8.18. The molecule has 0 atom stereocenters. The molecule has 0 unspecified atom stereocenters. The number of hydrogen-bond acceptors (Lipinski definition) is 3. The van der Waals surface area contributed by atoms with Crippen LogP contribution in [0.3, 0.4) is 0 Å². The van der Waals surface area contributed by atoms with Crippen LogP contribution in [0.1, 0.15) is 5.89 Å². The van der Waals surface area contributed by atoms with Crippen LogP contribution in [0.2, 0.25) is 0 Å². The average Bonchev–Trinajstić information content (AvgIpc) is 2.53. The molecule has 0 aliphatic heterocycles. The van der Waals surface area contributed by atoms with Crippen LogP contribution in [0.25, 0.3) is 11.5 Å². The number of aryl methyl sites for hydroxylation is 1. The van der Waals surface area contributed by atoms with Crippen molar-refractivity contribution in [1.29, 1.82) is 0 Å². The zero-order valence-electron chi connectivity index (χ0n) is 6.99. The summed E-state index contributed by atoms with van der Waals surface area (Å²) in [5.41, 5.74) is 0.795. The standard InChI is InChI=1S/C9H7BrN2O/c1-6-11-5-9(13-6)8-3-2-7(10)4-12-8/h2-5H,1H3. The Bertz CT molecular complexity index is 408. The van der Waals surface area contributed by atoms with Crippen molar-refractivity contribution in [2.24, 2.45) is 0 Å². The number of rotatable bonds is 1. The van der Waals surface area contributed by atoms with Gasteiger partial charge in [0.1, 0.15) is 5.69 Å². The Balaban J connectivity index is 2.41. The molecule has 2 aromatic rings. The highest BCUT2D eigenvalue weighted by Crippen LogP contribution is 2.19. The zero-order valence-corrected chi connectivity index (χ0v) is 8.58. The highest BCUT2D eigenvalue weighted by atomic mass is 79.9. The van der Waals surface area contributed by atoms with E-state index in [1.54, 1.807) is 12.4 Å². The van der Waals surface area contributed by atoms with E-state index in [0.717, 1.165) is 10.2 Å². The summed E-state index contributed by atoms with van der Waals surface area (Å²) in [7, 11) is 0. The van der Waals surface area contributed by atoms with Gasteiger partial charge in [-0.25, -0.2) is 4.98 Å². The second kappa shape index (κ2) is 3.30. The van der Waals surface area contributed by atoms with Crippen molar-refractivity contribution in [3.8, 4) is 11.5 Å². The van der Waals surface area contributed by atoms with E-state index in [9.17, 15) is 0 Å². The molecule has 0 saturated carbocycles. The fraction of sp³-hybridized carbons (Fsp3) is 0.111. The third kappa shape index (κ3) is 1.78. The lowest BCUT2D eigenvalue weighted by Gasteiger charge is -1.93. The van der Waals surface area contributed by atoms with Gasteiger partial charge in [-0.3, -0.25) is 4.98 Å². The summed E-state index contributed by atoms with van der Waals surface area (Å²) in [5, 5.41) is 0. The number of pyridine rings is 1. The molecular weight excluding hydrogens is 232 g/mol. The first-order valence-electron chi connectivity index (χ1n) is 3.80. The Morgan fingerprint density at radius 3 is 2.62 bits per heavy atom. The summed E-state index contributed by atoms with van der Waals surface area (Å²) in [6.07, 6.45) is 3.40. The second-order valence-corrected chi connectivity index (χ2v) is 3.52. The predicted molar refractivity (Wildman–Crippen MR) is 52.2 cm³/mol. The molecule has 2 heterocycles. The van der Waals surface area contributed by atoms with E-state index in [0.29, 0.717) is 11.7 Å². The van der Waals surface area contributed by atoms with Crippen molar-refractivity contribution in [1.82, 2.24) is 9.97 Å². The molecule has 0 radical (unpaired) electrons. The van der Waals surface area contributed by atoms with Gasteiger partial charge in [-0.15, -0.1) is 0 Å². The average molecular weight is 239 g/mol. The molecular formula is C9H7BrN2O. The molecule has 0 bridgehead atoms. The smallest absolute Gasteiger partial charge is 0.191 e. The largest absolute Gasteiger partial charge is 0.439 e. The molecule has 0 aromatic carbocycles. The zero-order chi connectivity index (χ0) is 9.26. The fourth-order valence-electron chi connectivity index (χ4n) is 1.00. The molecule has 66 valence electrons. The van der Waals surface area contributed by atoms with Crippen LogP contribution in [-0.2, 0) is 0 Å². The van der Waals surface area contributed by atoms with Crippen molar-refractivity contribution in [3.05, 3.63) is 34.9 Å². The maximum absolute atomic E-state index is 5.32. The van der Waals surface area contributed by atoms with Gasteiger partial charge in [0.2, 0.25) is 0 Å². The summed E-state index contributed by atoms with van der Waals surface area (Å²) in [6.45, 7) is 1.81. The summed E-state index contributed by atoms with van der Waals surface area (Å²) in [6, 6.07) is 3.80. The summed E-state index contributed by atoms with van der Waals surface area (Å²) < 4.78 is 6.27. The minimum atomic E-state index is 0.653. The maximum Gasteiger partial charge on any atom is 0.191 e. The first-order chi connectivity index (χ1) is 6.25.